The lowest BCUT2D eigenvalue weighted by atomic mass is 10.1. The summed E-state index contributed by atoms with van der Waals surface area (Å²) in [6.45, 7) is 5.68. The van der Waals surface area contributed by atoms with Crippen molar-refractivity contribution >= 4 is 11.8 Å². The van der Waals surface area contributed by atoms with Gasteiger partial charge in [-0.1, -0.05) is 0 Å². The molecule has 1 aromatic rings. The molecule has 0 aromatic carbocycles. The Morgan fingerprint density at radius 1 is 1.53 bits per heavy atom. The van der Waals surface area contributed by atoms with Crippen molar-refractivity contribution in [2.24, 2.45) is 0 Å². The number of rotatable bonds is 3. The van der Waals surface area contributed by atoms with E-state index < -0.39 is 6.04 Å². The highest BCUT2D eigenvalue weighted by molar-refractivity contribution is 5.95. The number of likely N-dealkylation sites (N-methyl/N-ethyl adjacent to an activating group) is 1. The average Bonchev–Trinajstić information content (AvgIpc) is 2.85. The average molecular weight is 266 g/mol. The standard InChI is InChI=1S/C11H18N6O2/c1-3-13-10(18)8-6-12-4-5-17(8)11(19)9-14-7(2)15-16-9/h8,12H,3-6H2,1-2H3,(H,13,18)(H,14,15,16). The van der Waals surface area contributed by atoms with Crippen LogP contribution >= 0.6 is 0 Å². The van der Waals surface area contributed by atoms with E-state index in [1.165, 1.54) is 4.90 Å². The molecule has 1 aliphatic rings. The van der Waals surface area contributed by atoms with Gasteiger partial charge >= 0.3 is 0 Å². The van der Waals surface area contributed by atoms with Crippen molar-refractivity contribution in [2.45, 2.75) is 19.9 Å². The van der Waals surface area contributed by atoms with Gasteiger partial charge in [0.25, 0.3) is 5.91 Å². The number of piperazine rings is 1. The zero-order chi connectivity index (χ0) is 13.8. The molecule has 1 aliphatic heterocycles. The van der Waals surface area contributed by atoms with Crippen molar-refractivity contribution in [2.75, 3.05) is 26.2 Å². The fourth-order valence-electron chi connectivity index (χ4n) is 2.04. The maximum absolute atomic E-state index is 12.3. The molecular weight excluding hydrogens is 248 g/mol. The van der Waals surface area contributed by atoms with E-state index in [4.69, 9.17) is 0 Å². The minimum atomic E-state index is -0.514. The summed E-state index contributed by atoms with van der Waals surface area (Å²) in [5.41, 5.74) is 0. The molecule has 104 valence electrons. The van der Waals surface area contributed by atoms with Crippen LogP contribution in [0.3, 0.4) is 0 Å². The summed E-state index contributed by atoms with van der Waals surface area (Å²) in [6.07, 6.45) is 0. The number of aryl methyl sites for hydroxylation is 1. The summed E-state index contributed by atoms with van der Waals surface area (Å²) in [5, 5.41) is 12.3. The van der Waals surface area contributed by atoms with E-state index in [0.717, 1.165) is 0 Å². The second-order valence-electron chi connectivity index (χ2n) is 4.36. The molecule has 0 spiro atoms. The first-order valence-electron chi connectivity index (χ1n) is 6.32. The van der Waals surface area contributed by atoms with Crippen molar-refractivity contribution in [3.63, 3.8) is 0 Å². The summed E-state index contributed by atoms with van der Waals surface area (Å²) in [7, 11) is 0. The molecule has 0 saturated carbocycles. The van der Waals surface area contributed by atoms with Gasteiger partial charge in [0.1, 0.15) is 11.9 Å². The molecule has 1 saturated heterocycles. The molecule has 8 nitrogen and oxygen atoms in total. The van der Waals surface area contributed by atoms with Crippen molar-refractivity contribution in [3.05, 3.63) is 11.6 Å². The van der Waals surface area contributed by atoms with Gasteiger partial charge in [0.2, 0.25) is 11.7 Å². The van der Waals surface area contributed by atoms with E-state index in [1.54, 1.807) is 6.92 Å². The third-order valence-electron chi connectivity index (χ3n) is 2.95. The van der Waals surface area contributed by atoms with E-state index in [-0.39, 0.29) is 17.6 Å². The first-order valence-corrected chi connectivity index (χ1v) is 6.32. The number of carbonyl (C=O) groups is 2. The second-order valence-corrected chi connectivity index (χ2v) is 4.36. The Morgan fingerprint density at radius 2 is 2.32 bits per heavy atom. The number of aromatic amines is 1. The minimum absolute atomic E-state index is 0.105. The number of aromatic nitrogens is 3. The Balaban J connectivity index is 2.15. The normalized spacial score (nSPS) is 19.3. The number of hydrogen-bond donors (Lipinski definition) is 3. The molecule has 0 radical (unpaired) electrons. The maximum atomic E-state index is 12.3. The van der Waals surface area contributed by atoms with Crippen LogP contribution in [0.1, 0.15) is 23.4 Å². The van der Waals surface area contributed by atoms with Gasteiger partial charge < -0.3 is 15.5 Å². The van der Waals surface area contributed by atoms with Crippen LogP contribution in [0, 0.1) is 6.92 Å². The third-order valence-corrected chi connectivity index (χ3v) is 2.95. The SMILES string of the molecule is CCNC(=O)C1CNCCN1C(=O)c1n[nH]c(C)n1. The van der Waals surface area contributed by atoms with Crippen LogP contribution in [0.15, 0.2) is 0 Å². The van der Waals surface area contributed by atoms with Gasteiger partial charge in [-0.2, -0.15) is 0 Å². The molecule has 2 amide bonds. The monoisotopic (exact) mass is 266 g/mol. The summed E-state index contributed by atoms with van der Waals surface area (Å²) >= 11 is 0. The first kappa shape index (κ1) is 13.5. The predicted molar refractivity (Wildman–Crippen MR) is 67.5 cm³/mol. The van der Waals surface area contributed by atoms with Gasteiger partial charge in [0.05, 0.1) is 0 Å². The van der Waals surface area contributed by atoms with E-state index >= 15 is 0 Å². The number of H-pyrrole nitrogens is 1. The third kappa shape index (κ3) is 2.90. The molecule has 2 rings (SSSR count). The Bertz CT molecular complexity index is 472. The zero-order valence-electron chi connectivity index (χ0n) is 11.1. The van der Waals surface area contributed by atoms with E-state index in [0.29, 0.717) is 32.0 Å². The molecule has 8 heteroatoms. The Morgan fingerprint density at radius 3 is 2.95 bits per heavy atom. The van der Waals surface area contributed by atoms with E-state index in [1.807, 2.05) is 6.92 Å². The number of hydrogen-bond acceptors (Lipinski definition) is 5. The van der Waals surface area contributed by atoms with Crippen LogP contribution in [0.5, 0.6) is 0 Å². The lowest BCUT2D eigenvalue weighted by Crippen LogP contribution is -2.59. The fourth-order valence-corrected chi connectivity index (χ4v) is 2.04. The summed E-state index contributed by atoms with van der Waals surface area (Å²) < 4.78 is 0. The maximum Gasteiger partial charge on any atom is 0.294 e. The molecule has 0 aliphatic carbocycles. The molecule has 0 bridgehead atoms. The molecule has 1 atom stereocenters. The first-order chi connectivity index (χ1) is 9.13. The summed E-state index contributed by atoms with van der Waals surface area (Å²) in [5.74, 6) is 0.208. The quantitative estimate of drug-likeness (QED) is 0.628. The lowest BCUT2D eigenvalue weighted by molar-refractivity contribution is -0.126. The molecule has 3 N–H and O–H groups in total. The topological polar surface area (TPSA) is 103 Å². The van der Waals surface area contributed by atoms with Crippen LogP contribution < -0.4 is 10.6 Å². The number of nitrogens with one attached hydrogen (secondary N) is 3. The van der Waals surface area contributed by atoms with Crippen LogP contribution in [0.25, 0.3) is 0 Å². The van der Waals surface area contributed by atoms with Gasteiger partial charge in [0, 0.05) is 26.2 Å². The summed E-state index contributed by atoms with van der Waals surface area (Å²) in [6, 6.07) is -0.514. The molecular formula is C11H18N6O2. The molecule has 2 heterocycles. The summed E-state index contributed by atoms with van der Waals surface area (Å²) in [4.78, 5) is 29.8. The fraction of sp³-hybridized carbons (Fsp3) is 0.636. The van der Waals surface area contributed by atoms with Crippen LogP contribution in [-0.2, 0) is 4.79 Å². The highest BCUT2D eigenvalue weighted by Crippen LogP contribution is 2.08. The van der Waals surface area contributed by atoms with Crippen molar-refractivity contribution in [3.8, 4) is 0 Å². The number of amides is 2. The predicted octanol–water partition coefficient (Wildman–Crippen LogP) is -1.34. The molecule has 1 unspecified atom stereocenters. The van der Waals surface area contributed by atoms with Crippen molar-refractivity contribution < 1.29 is 9.59 Å². The van der Waals surface area contributed by atoms with Gasteiger partial charge in [-0.15, -0.1) is 5.10 Å². The van der Waals surface area contributed by atoms with E-state index in [9.17, 15) is 9.59 Å². The molecule has 1 aromatic heterocycles. The number of carbonyl (C=O) groups excluding carboxylic acids is 2. The Labute approximate surface area is 111 Å². The number of nitrogens with zero attached hydrogens (tertiary/aromatic N) is 3. The van der Waals surface area contributed by atoms with E-state index in [2.05, 4.69) is 25.8 Å². The van der Waals surface area contributed by atoms with Crippen molar-refractivity contribution in [1.82, 2.24) is 30.7 Å². The van der Waals surface area contributed by atoms with Gasteiger partial charge in [-0.25, -0.2) is 4.98 Å². The van der Waals surface area contributed by atoms with Crippen LogP contribution in [0.4, 0.5) is 0 Å². The largest absolute Gasteiger partial charge is 0.355 e. The van der Waals surface area contributed by atoms with Gasteiger partial charge in [0.15, 0.2) is 0 Å². The molecule has 19 heavy (non-hydrogen) atoms. The highest BCUT2D eigenvalue weighted by Gasteiger charge is 2.33. The second kappa shape index (κ2) is 5.79. The minimum Gasteiger partial charge on any atom is -0.355 e. The lowest BCUT2D eigenvalue weighted by Gasteiger charge is -2.34. The van der Waals surface area contributed by atoms with Crippen LogP contribution in [0.2, 0.25) is 0 Å². The van der Waals surface area contributed by atoms with Crippen LogP contribution in [-0.4, -0.2) is 64.1 Å². The Kier molecular flexibility index (Phi) is 4.10. The van der Waals surface area contributed by atoms with Gasteiger partial charge in [-0.05, 0) is 13.8 Å². The van der Waals surface area contributed by atoms with Gasteiger partial charge in [-0.3, -0.25) is 14.7 Å². The highest BCUT2D eigenvalue weighted by atomic mass is 16.2. The smallest absolute Gasteiger partial charge is 0.294 e. The Hall–Kier alpha value is -1.96. The van der Waals surface area contributed by atoms with Crippen molar-refractivity contribution in [1.29, 1.82) is 0 Å². The zero-order valence-corrected chi connectivity index (χ0v) is 11.1. The molecule has 1 fully saturated rings.